The van der Waals surface area contributed by atoms with Gasteiger partial charge in [0.25, 0.3) is 0 Å². The monoisotopic (exact) mass is 425 g/mol. The van der Waals surface area contributed by atoms with Gasteiger partial charge < -0.3 is 19.4 Å². The molecule has 0 fully saturated rings. The number of carboxylic acids is 1. The number of carboxylic acid groups (broad SMARTS) is 1. The number of benzene rings is 2. The molecule has 31 heavy (non-hydrogen) atoms. The first-order valence-corrected chi connectivity index (χ1v) is 10.3. The minimum Gasteiger partial charge on any atom is -0.872 e. The second kappa shape index (κ2) is 10.3. The van der Waals surface area contributed by atoms with Crippen LogP contribution in [-0.2, 0) is 14.9 Å². The van der Waals surface area contributed by atoms with Crippen molar-refractivity contribution in [3.05, 3.63) is 77.9 Å². The third-order valence-electron chi connectivity index (χ3n) is 5.41. The summed E-state index contributed by atoms with van der Waals surface area (Å²) in [6, 6.07) is 15.7. The molecule has 0 unspecified atom stereocenters. The van der Waals surface area contributed by atoms with Crippen LogP contribution in [0.5, 0.6) is 5.75 Å². The van der Waals surface area contributed by atoms with Crippen molar-refractivity contribution in [3.63, 3.8) is 0 Å². The van der Waals surface area contributed by atoms with E-state index >= 15 is 0 Å². The fourth-order valence-electron chi connectivity index (χ4n) is 4.06. The van der Waals surface area contributed by atoms with E-state index in [1.54, 1.807) is 0 Å². The van der Waals surface area contributed by atoms with E-state index in [2.05, 4.69) is 45.4 Å². The molecule has 0 saturated heterocycles. The third kappa shape index (κ3) is 5.52. The van der Waals surface area contributed by atoms with Crippen LogP contribution in [-0.4, -0.2) is 55.3 Å². The number of para-hydroxylation sites is 1. The van der Waals surface area contributed by atoms with Crippen LogP contribution in [0.4, 0.5) is 0 Å². The predicted octanol–water partition coefficient (Wildman–Crippen LogP) is 3.37. The standard InChI is InChI=1S/C18H26NO2.C7H6O3/c1-5-21-17(20)18(15-11-7-6-8-12-15)14-10-9-13-16(18)19(2,3)4;8-6-4-2-1-3-5(6)7(9)10/h6-9,11-13,16H,5,10,14H2,1-4H3;1-4,8H,(H,9,10)/q+1;/p-1/t16-,18+;/m1./s1. The molecule has 1 aliphatic carbocycles. The van der Waals surface area contributed by atoms with Gasteiger partial charge in [-0.25, -0.2) is 4.79 Å². The van der Waals surface area contributed by atoms with E-state index in [4.69, 9.17) is 9.84 Å². The molecule has 6 nitrogen and oxygen atoms in total. The second-order valence-corrected chi connectivity index (χ2v) is 8.39. The number of ether oxygens (including phenoxy) is 1. The largest absolute Gasteiger partial charge is 0.872 e. The molecule has 0 radical (unpaired) electrons. The van der Waals surface area contributed by atoms with Crippen LogP contribution in [0.25, 0.3) is 0 Å². The summed E-state index contributed by atoms with van der Waals surface area (Å²) in [5.74, 6) is -1.72. The fourth-order valence-corrected chi connectivity index (χ4v) is 4.06. The number of hydrogen-bond donors (Lipinski definition) is 1. The van der Waals surface area contributed by atoms with Gasteiger partial charge in [-0.15, -0.1) is 0 Å². The van der Waals surface area contributed by atoms with Crippen molar-refractivity contribution in [2.24, 2.45) is 0 Å². The Morgan fingerprint density at radius 3 is 2.23 bits per heavy atom. The zero-order chi connectivity index (χ0) is 23.1. The Morgan fingerprint density at radius 2 is 1.71 bits per heavy atom. The van der Waals surface area contributed by atoms with E-state index in [0.717, 1.165) is 18.4 Å². The summed E-state index contributed by atoms with van der Waals surface area (Å²) in [6.07, 6.45) is 6.08. The molecular formula is C25H31NO5. The molecule has 0 saturated carbocycles. The van der Waals surface area contributed by atoms with Crippen LogP contribution in [0.1, 0.15) is 35.7 Å². The van der Waals surface area contributed by atoms with Gasteiger partial charge in [0, 0.05) is 0 Å². The summed E-state index contributed by atoms with van der Waals surface area (Å²) in [4.78, 5) is 23.1. The molecule has 0 amide bonds. The van der Waals surface area contributed by atoms with Gasteiger partial charge in [0.1, 0.15) is 11.5 Å². The van der Waals surface area contributed by atoms with Crippen LogP contribution < -0.4 is 5.11 Å². The van der Waals surface area contributed by atoms with Crippen molar-refractivity contribution in [2.45, 2.75) is 31.2 Å². The average molecular weight is 426 g/mol. The Balaban J connectivity index is 0.000000285. The van der Waals surface area contributed by atoms with Crippen LogP contribution in [0, 0.1) is 0 Å². The maximum absolute atomic E-state index is 12.9. The lowest BCUT2D eigenvalue weighted by atomic mass is 9.67. The topological polar surface area (TPSA) is 86.7 Å². The van der Waals surface area contributed by atoms with Gasteiger partial charge >= 0.3 is 11.9 Å². The van der Waals surface area contributed by atoms with Crippen molar-refractivity contribution in [1.29, 1.82) is 0 Å². The Kier molecular flexibility index (Phi) is 8.00. The molecule has 2 atom stereocenters. The highest BCUT2D eigenvalue weighted by Gasteiger charge is 2.54. The molecule has 166 valence electrons. The zero-order valence-corrected chi connectivity index (χ0v) is 18.6. The lowest BCUT2D eigenvalue weighted by Crippen LogP contribution is -2.60. The molecule has 3 rings (SSSR count). The molecule has 0 aromatic heterocycles. The first kappa shape index (κ1) is 24.2. The van der Waals surface area contributed by atoms with Crippen LogP contribution in [0.15, 0.2) is 66.7 Å². The van der Waals surface area contributed by atoms with E-state index < -0.39 is 17.1 Å². The highest BCUT2D eigenvalue weighted by molar-refractivity contribution is 5.90. The van der Waals surface area contributed by atoms with Gasteiger partial charge in [-0.1, -0.05) is 60.4 Å². The molecule has 1 N–H and O–H groups in total. The normalized spacial score (nSPS) is 20.3. The van der Waals surface area contributed by atoms with Crippen LogP contribution in [0.2, 0.25) is 0 Å². The number of rotatable bonds is 5. The first-order chi connectivity index (χ1) is 14.6. The number of nitrogens with zero attached hydrogens (tertiary/aromatic N) is 1. The van der Waals surface area contributed by atoms with Crippen molar-refractivity contribution >= 4 is 11.9 Å². The number of quaternary nitrogens is 1. The lowest BCUT2D eigenvalue weighted by Gasteiger charge is -2.46. The van der Waals surface area contributed by atoms with Gasteiger partial charge in [0.2, 0.25) is 0 Å². The number of hydrogen-bond acceptors (Lipinski definition) is 4. The predicted molar refractivity (Wildman–Crippen MR) is 118 cm³/mol. The highest BCUT2D eigenvalue weighted by atomic mass is 16.5. The van der Waals surface area contributed by atoms with Crippen LogP contribution >= 0.6 is 0 Å². The molecule has 2 aromatic rings. The van der Waals surface area contributed by atoms with Crippen molar-refractivity contribution in [1.82, 2.24) is 0 Å². The molecule has 6 heteroatoms. The summed E-state index contributed by atoms with van der Waals surface area (Å²) in [5, 5.41) is 19.0. The number of carbonyl (C=O) groups is 2. The summed E-state index contributed by atoms with van der Waals surface area (Å²) >= 11 is 0. The maximum Gasteiger partial charge on any atom is 0.335 e. The van der Waals surface area contributed by atoms with E-state index in [9.17, 15) is 14.7 Å². The van der Waals surface area contributed by atoms with Crippen molar-refractivity contribution in [3.8, 4) is 5.75 Å². The minimum absolute atomic E-state index is 0.0766. The van der Waals surface area contributed by atoms with Crippen molar-refractivity contribution in [2.75, 3.05) is 27.7 Å². The summed E-state index contributed by atoms with van der Waals surface area (Å²) in [5.41, 5.74) is 0.290. The Labute approximate surface area is 184 Å². The molecule has 1 aliphatic rings. The SMILES string of the molecule is CCOC(=O)[C@]1(c2ccccc2)CCC=C[C@H]1[N+](C)(C)C.O=C(O)c1ccccc1[O-]. The number of aromatic carboxylic acids is 1. The summed E-state index contributed by atoms with van der Waals surface area (Å²) in [6.45, 7) is 2.29. The summed E-state index contributed by atoms with van der Waals surface area (Å²) in [7, 11) is 6.41. The molecule has 0 spiro atoms. The van der Waals surface area contributed by atoms with E-state index in [0.29, 0.717) is 11.1 Å². The minimum atomic E-state index is -1.18. The van der Waals surface area contributed by atoms with Gasteiger partial charge in [0.05, 0.1) is 33.3 Å². The number of allylic oxidation sites excluding steroid dienone is 1. The van der Waals surface area contributed by atoms with E-state index in [-0.39, 0.29) is 17.6 Å². The lowest BCUT2D eigenvalue weighted by molar-refractivity contribution is -0.893. The van der Waals surface area contributed by atoms with Crippen LogP contribution in [0.3, 0.4) is 0 Å². The van der Waals surface area contributed by atoms with Gasteiger partial charge in [0.15, 0.2) is 0 Å². The van der Waals surface area contributed by atoms with Gasteiger partial charge in [-0.05, 0) is 37.5 Å². The van der Waals surface area contributed by atoms with Gasteiger partial charge in [-0.2, -0.15) is 0 Å². The van der Waals surface area contributed by atoms with Gasteiger partial charge in [-0.3, -0.25) is 4.79 Å². The number of esters is 1. The zero-order valence-electron chi connectivity index (χ0n) is 18.6. The quantitative estimate of drug-likeness (QED) is 0.451. The Morgan fingerprint density at radius 1 is 1.10 bits per heavy atom. The number of carbonyl (C=O) groups excluding carboxylic acids is 1. The Bertz CT molecular complexity index is 917. The summed E-state index contributed by atoms with van der Waals surface area (Å²) < 4.78 is 6.18. The maximum atomic E-state index is 12.9. The smallest absolute Gasteiger partial charge is 0.335 e. The molecular weight excluding hydrogens is 394 g/mol. The van der Waals surface area contributed by atoms with E-state index in [1.807, 2.05) is 25.1 Å². The average Bonchev–Trinajstić information content (AvgIpc) is 2.74. The molecule has 0 heterocycles. The van der Waals surface area contributed by atoms with Crippen molar-refractivity contribution < 1.29 is 29.0 Å². The molecule has 0 aliphatic heterocycles. The third-order valence-corrected chi connectivity index (χ3v) is 5.41. The second-order valence-electron chi connectivity index (χ2n) is 8.39. The Hall–Kier alpha value is -3.12. The fraction of sp³-hybridized carbons (Fsp3) is 0.360. The molecule has 0 bridgehead atoms. The molecule has 2 aromatic carbocycles. The van der Waals surface area contributed by atoms with E-state index in [1.165, 1.54) is 24.3 Å². The first-order valence-electron chi connectivity index (χ1n) is 10.3. The highest BCUT2D eigenvalue weighted by Crippen LogP contribution is 2.41. The number of likely N-dealkylation sites (N-methyl/N-ethyl adjacent to an activating group) is 1.